The van der Waals surface area contributed by atoms with E-state index < -0.39 is 0 Å². The number of halogens is 1. The minimum atomic E-state index is -0.340. The molecule has 3 nitrogen and oxygen atoms in total. The fourth-order valence-electron chi connectivity index (χ4n) is 2.64. The van der Waals surface area contributed by atoms with Crippen LogP contribution in [0.5, 0.6) is 0 Å². The van der Waals surface area contributed by atoms with Crippen molar-refractivity contribution in [3.8, 4) is 0 Å². The molecule has 3 aromatic rings. The van der Waals surface area contributed by atoms with E-state index in [9.17, 15) is 9.50 Å². The highest BCUT2D eigenvalue weighted by Crippen LogP contribution is 2.20. The lowest BCUT2D eigenvalue weighted by Crippen LogP contribution is -1.98. The van der Waals surface area contributed by atoms with E-state index in [0.29, 0.717) is 23.7 Å². The predicted molar refractivity (Wildman–Crippen MR) is 84.4 cm³/mol. The van der Waals surface area contributed by atoms with Crippen molar-refractivity contribution in [1.82, 2.24) is 9.38 Å². The minimum Gasteiger partial charge on any atom is -0.390 e. The van der Waals surface area contributed by atoms with Gasteiger partial charge in [-0.25, -0.2) is 9.37 Å². The standard InChI is InChI=1S/C18H19FN2O/c1-12(2)14-5-3-13(4-6-14)9-16-17(11-22)21-10-15(19)7-8-18(21)20-16/h3-8,10,12,22H,9,11H2,1-2H3. The number of pyridine rings is 1. The minimum absolute atomic E-state index is 0.163. The zero-order chi connectivity index (χ0) is 15.7. The average Bonchev–Trinajstić information content (AvgIpc) is 2.84. The zero-order valence-electron chi connectivity index (χ0n) is 12.8. The normalized spacial score (nSPS) is 11.5. The first-order chi connectivity index (χ1) is 10.6. The summed E-state index contributed by atoms with van der Waals surface area (Å²) in [5.41, 5.74) is 4.50. The molecule has 0 saturated carbocycles. The third-order valence-electron chi connectivity index (χ3n) is 3.93. The van der Waals surface area contributed by atoms with Crippen LogP contribution in [0.25, 0.3) is 5.65 Å². The second-order valence-electron chi connectivity index (χ2n) is 5.81. The van der Waals surface area contributed by atoms with Crippen LogP contribution in [0.1, 0.15) is 42.3 Å². The van der Waals surface area contributed by atoms with Gasteiger partial charge in [0.2, 0.25) is 0 Å². The summed E-state index contributed by atoms with van der Waals surface area (Å²) in [5, 5.41) is 9.61. The van der Waals surface area contributed by atoms with Gasteiger partial charge in [-0.15, -0.1) is 0 Å². The molecule has 0 aliphatic carbocycles. The summed E-state index contributed by atoms with van der Waals surface area (Å²) in [6, 6.07) is 11.4. The monoisotopic (exact) mass is 298 g/mol. The molecule has 0 bridgehead atoms. The number of nitrogens with zero attached hydrogens (tertiary/aromatic N) is 2. The maximum absolute atomic E-state index is 13.4. The van der Waals surface area contributed by atoms with Crippen LogP contribution in [-0.4, -0.2) is 14.5 Å². The van der Waals surface area contributed by atoms with Crippen LogP contribution >= 0.6 is 0 Å². The SMILES string of the molecule is CC(C)c1ccc(Cc2nc3ccc(F)cn3c2CO)cc1. The van der Waals surface area contributed by atoms with Gasteiger partial charge in [-0.05, 0) is 29.2 Å². The maximum atomic E-state index is 13.4. The molecular formula is C18H19FN2O. The largest absolute Gasteiger partial charge is 0.390 e. The Morgan fingerprint density at radius 1 is 1.14 bits per heavy atom. The molecule has 2 heterocycles. The smallest absolute Gasteiger partial charge is 0.139 e. The quantitative estimate of drug-likeness (QED) is 0.798. The molecule has 1 aromatic carbocycles. The summed E-state index contributed by atoms with van der Waals surface area (Å²) in [5.74, 6) is 0.160. The highest BCUT2D eigenvalue weighted by atomic mass is 19.1. The molecule has 114 valence electrons. The van der Waals surface area contributed by atoms with Crippen molar-refractivity contribution >= 4 is 5.65 Å². The van der Waals surface area contributed by atoms with Crippen LogP contribution in [0.2, 0.25) is 0 Å². The van der Waals surface area contributed by atoms with Crippen LogP contribution in [0.15, 0.2) is 42.6 Å². The Hall–Kier alpha value is -2.20. The van der Waals surface area contributed by atoms with Gasteiger partial charge in [-0.2, -0.15) is 0 Å². The molecule has 0 aliphatic heterocycles. The molecule has 0 amide bonds. The summed E-state index contributed by atoms with van der Waals surface area (Å²) >= 11 is 0. The second-order valence-corrected chi connectivity index (χ2v) is 5.81. The van der Waals surface area contributed by atoms with Gasteiger partial charge in [-0.3, -0.25) is 4.40 Å². The molecule has 0 radical (unpaired) electrons. The summed E-state index contributed by atoms with van der Waals surface area (Å²) in [7, 11) is 0. The number of benzene rings is 1. The molecule has 22 heavy (non-hydrogen) atoms. The number of hydrogen-bond donors (Lipinski definition) is 1. The Bertz CT molecular complexity index is 791. The Labute approximate surface area is 129 Å². The molecule has 2 aromatic heterocycles. The first-order valence-electron chi connectivity index (χ1n) is 7.43. The van der Waals surface area contributed by atoms with Gasteiger partial charge < -0.3 is 5.11 Å². The number of rotatable bonds is 4. The van der Waals surface area contributed by atoms with Gasteiger partial charge in [0.05, 0.1) is 18.0 Å². The first kappa shape index (κ1) is 14.7. The van der Waals surface area contributed by atoms with E-state index in [-0.39, 0.29) is 12.4 Å². The van der Waals surface area contributed by atoms with Crippen LogP contribution in [0, 0.1) is 5.82 Å². The van der Waals surface area contributed by atoms with Crippen molar-refractivity contribution in [3.63, 3.8) is 0 Å². The number of hydrogen-bond acceptors (Lipinski definition) is 2. The fourth-order valence-corrected chi connectivity index (χ4v) is 2.64. The number of aliphatic hydroxyl groups is 1. The molecule has 0 spiro atoms. The van der Waals surface area contributed by atoms with E-state index >= 15 is 0 Å². The van der Waals surface area contributed by atoms with Crippen molar-refractivity contribution in [2.24, 2.45) is 0 Å². The molecule has 0 atom stereocenters. The molecule has 3 rings (SSSR count). The van der Waals surface area contributed by atoms with Gasteiger partial charge in [0.15, 0.2) is 0 Å². The van der Waals surface area contributed by atoms with Crippen molar-refractivity contribution in [2.75, 3.05) is 0 Å². The molecule has 1 N–H and O–H groups in total. The molecular weight excluding hydrogens is 279 g/mol. The summed E-state index contributed by atoms with van der Waals surface area (Å²) < 4.78 is 15.0. The van der Waals surface area contributed by atoms with Gasteiger partial charge in [-0.1, -0.05) is 38.1 Å². The highest BCUT2D eigenvalue weighted by molar-refractivity contribution is 5.44. The van der Waals surface area contributed by atoms with Crippen molar-refractivity contribution in [1.29, 1.82) is 0 Å². The van der Waals surface area contributed by atoms with Crippen LogP contribution in [0.4, 0.5) is 4.39 Å². The lowest BCUT2D eigenvalue weighted by atomic mass is 10.00. The maximum Gasteiger partial charge on any atom is 0.139 e. The van der Waals surface area contributed by atoms with Crippen molar-refractivity contribution < 1.29 is 9.50 Å². The van der Waals surface area contributed by atoms with Gasteiger partial charge in [0, 0.05) is 12.6 Å². The molecule has 4 heteroatoms. The Kier molecular flexibility index (Phi) is 3.94. The Balaban J connectivity index is 1.96. The molecule has 0 fully saturated rings. The number of imidazole rings is 1. The summed E-state index contributed by atoms with van der Waals surface area (Å²) in [6.07, 6.45) is 1.98. The lowest BCUT2D eigenvalue weighted by molar-refractivity contribution is 0.274. The van der Waals surface area contributed by atoms with Crippen LogP contribution < -0.4 is 0 Å². The van der Waals surface area contributed by atoms with Crippen LogP contribution in [-0.2, 0) is 13.0 Å². The highest BCUT2D eigenvalue weighted by Gasteiger charge is 2.12. The van der Waals surface area contributed by atoms with E-state index in [2.05, 4.69) is 43.1 Å². The molecule has 0 aliphatic rings. The second kappa shape index (κ2) is 5.89. The Morgan fingerprint density at radius 2 is 1.86 bits per heavy atom. The molecule has 0 unspecified atom stereocenters. The number of aliphatic hydroxyl groups excluding tert-OH is 1. The zero-order valence-corrected chi connectivity index (χ0v) is 12.8. The van der Waals surface area contributed by atoms with E-state index in [1.807, 2.05) is 0 Å². The van der Waals surface area contributed by atoms with E-state index in [1.165, 1.54) is 17.8 Å². The van der Waals surface area contributed by atoms with Gasteiger partial charge in [0.25, 0.3) is 0 Å². The third kappa shape index (κ3) is 2.74. The third-order valence-corrected chi connectivity index (χ3v) is 3.93. The average molecular weight is 298 g/mol. The van der Waals surface area contributed by atoms with Gasteiger partial charge in [0.1, 0.15) is 11.5 Å². The van der Waals surface area contributed by atoms with Crippen molar-refractivity contribution in [2.45, 2.75) is 32.8 Å². The lowest BCUT2D eigenvalue weighted by Gasteiger charge is -2.07. The summed E-state index contributed by atoms with van der Waals surface area (Å²) in [6.45, 7) is 4.16. The van der Waals surface area contributed by atoms with Gasteiger partial charge >= 0.3 is 0 Å². The van der Waals surface area contributed by atoms with E-state index in [0.717, 1.165) is 11.3 Å². The Morgan fingerprint density at radius 3 is 2.50 bits per heavy atom. The van der Waals surface area contributed by atoms with Crippen LogP contribution in [0.3, 0.4) is 0 Å². The summed E-state index contributed by atoms with van der Waals surface area (Å²) in [4.78, 5) is 4.51. The van der Waals surface area contributed by atoms with E-state index in [1.54, 1.807) is 10.5 Å². The van der Waals surface area contributed by atoms with E-state index in [4.69, 9.17) is 0 Å². The van der Waals surface area contributed by atoms with Crippen molar-refractivity contribution in [3.05, 3.63) is 70.9 Å². The first-order valence-corrected chi connectivity index (χ1v) is 7.43. The predicted octanol–water partition coefficient (Wildman–Crippen LogP) is 3.68. The number of fused-ring (bicyclic) bond motifs is 1. The molecule has 0 saturated heterocycles. The fraction of sp³-hybridized carbons (Fsp3) is 0.278. The topological polar surface area (TPSA) is 37.5 Å². The number of aromatic nitrogens is 2.